The van der Waals surface area contributed by atoms with Gasteiger partial charge in [-0.15, -0.1) is 0 Å². The van der Waals surface area contributed by atoms with Crippen LogP contribution in [0.25, 0.3) is 150 Å². The Morgan fingerprint density at radius 1 is 0.219 bits per heavy atom. The standard InChI is InChI=1S/C35H28N2.2C32H24N2/c1-34(2)27-12-7-5-10-22(27)24-16-15-21(20-29(24)34)37-30-14-9-19-36-32(30)26-18-17-25-23-11-6-8-13-28(23)35(3,4)31(25)33(26)37;1-32(2)27-15-7-6-14-24(27)25-17-18-26-30-28(16-9-19-33-30)34(31(26)29(25)32)23-13-8-12-22(20-23)21-10-4-3-5-11-21;1-32(2)27-12-7-6-11-24(27)25-18-19-26-30-28(13-8-20-33-30)34(31(26)29(25)32)23-16-14-22(15-17-23)21-9-4-3-5-10-21/h5-20H,1-4H3;2*3-20H,1-2H3. The zero-order valence-corrected chi connectivity index (χ0v) is 60.2. The third kappa shape index (κ3) is 9.05. The van der Waals surface area contributed by atoms with Crippen molar-refractivity contribution in [2.45, 2.75) is 77.0 Å². The van der Waals surface area contributed by atoms with Gasteiger partial charge in [0.25, 0.3) is 0 Å². The van der Waals surface area contributed by atoms with Gasteiger partial charge in [0.15, 0.2) is 0 Å². The molecule has 6 aromatic heterocycles. The molecule has 12 aromatic carbocycles. The largest absolute Gasteiger partial charge is 0.307 e. The van der Waals surface area contributed by atoms with Gasteiger partial charge in [-0.3, -0.25) is 15.0 Å². The molecule has 22 rings (SSSR count). The molecule has 6 heterocycles. The van der Waals surface area contributed by atoms with Crippen LogP contribution in [0.3, 0.4) is 0 Å². The summed E-state index contributed by atoms with van der Waals surface area (Å²) in [6.45, 7) is 18.9. The lowest BCUT2D eigenvalue weighted by atomic mass is 9.81. The van der Waals surface area contributed by atoms with E-state index in [0.717, 1.165) is 44.5 Å². The third-order valence-electron chi connectivity index (χ3n) is 23.9. The van der Waals surface area contributed by atoms with Crippen molar-refractivity contribution in [1.82, 2.24) is 28.7 Å². The first-order chi connectivity index (χ1) is 51.2. The van der Waals surface area contributed by atoms with Gasteiger partial charge < -0.3 is 13.7 Å². The molecule has 0 radical (unpaired) electrons. The van der Waals surface area contributed by atoms with Crippen LogP contribution in [0.2, 0.25) is 0 Å². The predicted molar refractivity (Wildman–Crippen MR) is 437 cm³/mol. The van der Waals surface area contributed by atoms with Crippen LogP contribution in [0, 0.1) is 0 Å². The van der Waals surface area contributed by atoms with E-state index in [4.69, 9.17) is 15.0 Å². The van der Waals surface area contributed by atoms with Crippen molar-refractivity contribution < 1.29 is 0 Å². The van der Waals surface area contributed by atoms with Gasteiger partial charge in [0, 0.05) is 73.5 Å². The number of hydrogen-bond donors (Lipinski definition) is 0. The molecule has 4 aliphatic carbocycles. The van der Waals surface area contributed by atoms with Crippen LogP contribution in [-0.4, -0.2) is 28.7 Å². The van der Waals surface area contributed by atoms with Crippen molar-refractivity contribution in [3.8, 4) is 83.8 Å². The number of nitrogens with zero attached hydrogens (tertiary/aromatic N) is 6. The summed E-state index contributed by atoms with van der Waals surface area (Å²) in [6, 6.07) is 108. The maximum Gasteiger partial charge on any atom is 0.0963 e. The Kier molecular flexibility index (Phi) is 13.6. The van der Waals surface area contributed by atoms with Crippen LogP contribution >= 0.6 is 0 Å². The van der Waals surface area contributed by atoms with Gasteiger partial charge in [0.05, 0.1) is 49.7 Å². The topological polar surface area (TPSA) is 53.5 Å². The fraction of sp³-hybridized carbons (Fsp3) is 0.121. The number of aromatic nitrogens is 6. The summed E-state index contributed by atoms with van der Waals surface area (Å²) in [7, 11) is 0. The maximum absolute atomic E-state index is 4.89. The fourth-order valence-corrected chi connectivity index (χ4v) is 19.0. The van der Waals surface area contributed by atoms with E-state index in [1.807, 2.05) is 30.7 Å². The highest BCUT2D eigenvalue weighted by Gasteiger charge is 2.43. The van der Waals surface area contributed by atoms with E-state index in [2.05, 4.69) is 354 Å². The van der Waals surface area contributed by atoms with Crippen molar-refractivity contribution >= 4 is 65.8 Å². The van der Waals surface area contributed by atoms with Crippen LogP contribution in [0.1, 0.15) is 99.9 Å². The average Bonchev–Trinajstić information content (AvgIpc) is 1.55. The highest BCUT2D eigenvalue weighted by atomic mass is 15.0. The van der Waals surface area contributed by atoms with Crippen LogP contribution in [0.4, 0.5) is 0 Å². The molecule has 6 heteroatoms. The minimum Gasteiger partial charge on any atom is -0.307 e. The van der Waals surface area contributed by atoms with E-state index in [1.54, 1.807) is 0 Å². The van der Waals surface area contributed by atoms with Crippen molar-refractivity contribution in [3.63, 3.8) is 0 Å². The number of hydrogen-bond acceptors (Lipinski definition) is 3. The van der Waals surface area contributed by atoms with Gasteiger partial charge in [-0.25, -0.2) is 0 Å². The normalized spacial score (nSPS) is 14.6. The lowest BCUT2D eigenvalue weighted by Gasteiger charge is -2.24. The van der Waals surface area contributed by atoms with E-state index in [9.17, 15) is 0 Å². The Hall–Kier alpha value is -12.5. The third-order valence-corrected chi connectivity index (χ3v) is 23.9. The number of benzene rings is 12. The van der Waals surface area contributed by atoms with Crippen LogP contribution < -0.4 is 0 Å². The van der Waals surface area contributed by atoms with Crippen molar-refractivity contribution in [1.29, 1.82) is 0 Å². The molecule has 0 amide bonds. The van der Waals surface area contributed by atoms with Crippen molar-refractivity contribution in [2.75, 3.05) is 0 Å². The first kappa shape index (κ1) is 62.3. The van der Waals surface area contributed by atoms with Crippen LogP contribution in [0.5, 0.6) is 0 Å². The molecule has 502 valence electrons. The second-order valence-electron chi connectivity index (χ2n) is 31.0. The Balaban J connectivity index is 0.000000105. The highest BCUT2D eigenvalue weighted by Crippen LogP contribution is 2.57. The fourth-order valence-electron chi connectivity index (χ4n) is 19.0. The summed E-state index contributed by atoms with van der Waals surface area (Å²) in [5, 5.41) is 3.64. The molecule has 4 aliphatic rings. The smallest absolute Gasteiger partial charge is 0.0963 e. The second kappa shape index (κ2) is 23.0. The van der Waals surface area contributed by atoms with Crippen LogP contribution in [0.15, 0.2) is 316 Å². The van der Waals surface area contributed by atoms with E-state index >= 15 is 0 Å². The molecule has 6 nitrogen and oxygen atoms in total. The minimum absolute atomic E-state index is 0.0452. The zero-order valence-electron chi connectivity index (χ0n) is 60.2. The summed E-state index contributed by atoms with van der Waals surface area (Å²) >= 11 is 0. The van der Waals surface area contributed by atoms with Gasteiger partial charge >= 0.3 is 0 Å². The lowest BCUT2D eigenvalue weighted by Crippen LogP contribution is -2.17. The molecular formula is C99H76N6. The molecule has 0 aliphatic heterocycles. The monoisotopic (exact) mass is 1350 g/mol. The lowest BCUT2D eigenvalue weighted by molar-refractivity contribution is 0.659. The van der Waals surface area contributed by atoms with E-state index in [0.29, 0.717) is 0 Å². The SMILES string of the molecule is CC1(C)c2ccccc2-c2ccc(-n3c4cccnc4c4ccc5c(c43)C(C)(C)c3ccccc3-5)cc21.CC1(C)c2ccccc2-c2ccc3c4ncccc4n(-c4ccc(-c5ccccc5)cc4)c3c21.CC1(C)c2ccccc2-c2ccc3c4ncccc4n(-c4cccc(-c5ccccc5)c4)c3c21. The van der Waals surface area contributed by atoms with Crippen molar-refractivity contribution in [2.24, 2.45) is 0 Å². The van der Waals surface area contributed by atoms with Gasteiger partial charge in [-0.1, -0.05) is 262 Å². The first-order valence-electron chi connectivity index (χ1n) is 36.8. The Morgan fingerprint density at radius 3 is 0.962 bits per heavy atom. The molecule has 0 N–H and O–H groups in total. The predicted octanol–water partition coefficient (Wildman–Crippen LogP) is 25.1. The molecule has 0 bridgehead atoms. The molecule has 0 fully saturated rings. The Bertz CT molecular complexity index is 6630. The summed E-state index contributed by atoms with van der Waals surface area (Å²) in [5.41, 5.74) is 40.4. The summed E-state index contributed by atoms with van der Waals surface area (Å²) in [6.07, 6.45) is 5.72. The van der Waals surface area contributed by atoms with Gasteiger partial charge in [0.2, 0.25) is 0 Å². The second-order valence-corrected chi connectivity index (χ2v) is 31.0. The van der Waals surface area contributed by atoms with Gasteiger partial charge in [-0.2, -0.15) is 0 Å². The van der Waals surface area contributed by atoms with Gasteiger partial charge in [0.1, 0.15) is 0 Å². The molecule has 105 heavy (non-hydrogen) atoms. The number of fused-ring (bicyclic) bond motifs is 24. The average molecular weight is 1350 g/mol. The quantitative estimate of drug-likeness (QED) is 0.173. The Labute approximate surface area is 611 Å². The van der Waals surface area contributed by atoms with E-state index in [-0.39, 0.29) is 21.7 Å². The molecule has 0 unspecified atom stereocenters. The molecule has 0 saturated carbocycles. The van der Waals surface area contributed by atoms with E-state index in [1.165, 1.54) is 150 Å². The first-order valence-corrected chi connectivity index (χ1v) is 36.8. The Morgan fingerprint density at radius 2 is 0.533 bits per heavy atom. The molecule has 18 aromatic rings. The summed E-state index contributed by atoms with van der Waals surface area (Å²) in [4.78, 5) is 14.6. The number of pyridine rings is 3. The van der Waals surface area contributed by atoms with Crippen molar-refractivity contribution in [3.05, 3.63) is 360 Å². The molecule has 0 spiro atoms. The minimum atomic E-state index is -0.107. The number of rotatable bonds is 5. The molecule has 0 saturated heterocycles. The molecule has 0 atom stereocenters. The summed E-state index contributed by atoms with van der Waals surface area (Å²) < 4.78 is 7.32. The van der Waals surface area contributed by atoms with E-state index < -0.39 is 0 Å². The van der Waals surface area contributed by atoms with Crippen LogP contribution in [-0.2, 0) is 21.7 Å². The molecular weight excluding hydrogens is 1270 g/mol. The summed E-state index contributed by atoms with van der Waals surface area (Å²) in [5.74, 6) is 0. The highest BCUT2D eigenvalue weighted by molar-refractivity contribution is 6.14. The zero-order chi connectivity index (χ0) is 70.8. The van der Waals surface area contributed by atoms with Gasteiger partial charge in [-0.05, 0) is 202 Å². The maximum atomic E-state index is 4.89.